The molecule has 4 atom stereocenters. The molecular formula is C24H29N3O7S. The van der Waals surface area contributed by atoms with Gasteiger partial charge in [-0.25, -0.2) is 13.1 Å². The van der Waals surface area contributed by atoms with Crippen LogP contribution in [-0.2, 0) is 19.5 Å². The van der Waals surface area contributed by atoms with Crippen LogP contribution in [0.1, 0.15) is 12.5 Å². The zero-order valence-electron chi connectivity index (χ0n) is 19.3. The number of morpholine rings is 1. The van der Waals surface area contributed by atoms with E-state index in [0.29, 0.717) is 18.8 Å². The SMILES string of the molecule is C/C(=C(/C#N)S(=O)(=O)N[C@H]1CO[C@H](CO)[C@@H](O)[C@@H]1O)c1ccc2cc(N3CCOCC3)ccc2c1. The number of nitriles is 1. The van der Waals surface area contributed by atoms with Crippen molar-refractivity contribution in [1.82, 2.24) is 4.72 Å². The first kappa shape index (κ1) is 25.5. The number of allylic oxidation sites excluding steroid dienone is 2. The van der Waals surface area contributed by atoms with Gasteiger partial charge in [0, 0.05) is 18.8 Å². The van der Waals surface area contributed by atoms with Crippen molar-refractivity contribution in [2.45, 2.75) is 31.3 Å². The van der Waals surface area contributed by atoms with Gasteiger partial charge in [0.05, 0.1) is 32.5 Å². The van der Waals surface area contributed by atoms with Gasteiger partial charge in [-0.15, -0.1) is 0 Å². The summed E-state index contributed by atoms with van der Waals surface area (Å²) in [7, 11) is -4.34. The summed E-state index contributed by atoms with van der Waals surface area (Å²) in [5.74, 6) is 0. The summed E-state index contributed by atoms with van der Waals surface area (Å²) in [5.41, 5.74) is 1.91. The Morgan fingerprint density at radius 2 is 1.83 bits per heavy atom. The predicted molar refractivity (Wildman–Crippen MR) is 130 cm³/mol. The minimum absolute atomic E-state index is 0.249. The largest absolute Gasteiger partial charge is 0.394 e. The molecular weight excluding hydrogens is 474 g/mol. The summed E-state index contributed by atoms with van der Waals surface area (Å²) in [6.07, 6.45) is -3.99. The maximum absolute atomic E-state index is 13.0. The van der Waals surface area contributed by atoms with Crippen LogP contribution in [0.25, 0.3) is 16.3 Å². The number of aliphatic hydroxyl groups is 3. The van der Waals surface area contributed by atoms with Crippen LogP contribution in [0.4, 0.5) is 5.69 Å². The molecule has 10 nitrogen and oxygen atoms in total. The normalized spacial score (nSPS) is 26.3. The van der Waals surface area contributed by atoms with Crippen molar-refractivity contribution in [2.75, 3.05) is 44.4 Å². The third-order valence-electron chi connectivity index (χ3n) is 6.46. The van der Waals surface area contributed by atoms with E-state index in [-0.39, 0.29) is 12.2 Å². The lowest BCUT2D eigenvalue weighted by Crippen LogP contribution is -2.59. The number of rotatable bonds is 6. The third kappa shape index (κ3) is 5.34. The topological polar surface area (TPSA) is 152 Å². The summed E-state index contributed by atoms with van der Waals surface area (Å²) >= 11 is 0. The van der Waals surface area contributed by atoms with Crippen LogP contribution >= 0.6 is 0 Å². The maximum Gasteiger partial charge on any atom is 0.251 e. The molecule has 2 aliphatic rings. The number of aliphatic hydroxyl groups excluding tert-OH is 3. The number of nitrogens with zero attached hydrogens (tertiary/aromatic N) is 2. The van der Waals surface area contributed by atoms with Gasteiger partial charge in [0.1, 0.15) is 24.4 Å². The van der Waals surface area contributed by atoms with Gasteiger partial charge in [-0.3, -0.25) is 0 Å². The van der Waals surface area contributed by atoms with Gasteiger partial charge < -0.3 is 29.7 Å². The molecule has 0 amide bonds. The van der Waals surface area contributed by atoms with E-state index in [1.54, 1.807) is 19.1 Å². The number of anilines is 1. The second kappa shape index (κ2) is 10.6. The predicted octanol–water partition coefficient (Wildman–Crippen LogP) is 0.332. The number of fused-ring (bicyclic) bond motifs is 1. The average Bonchev–Trinajstić information content (AvgIpc) is 2.87. The fourth-order valence-corrected chi connectivity index (χ4v) is 5.73. The fourth-order valence-electron chi connectivity index (χ4n) is 4.37. The first-order chi connectivity index (χ1) is 16.7. The molecule has 0 aromatic heterocycles. The molecule has 0 radical (unpaired) electrons. The molecule has 4 N–H and O–H groups in total. The van der Waals surface area contributed by atoms with E-state index in [1.165, 1.54) is 0 Å². The van der Waals surface area contributed by atoms with Crippen LogP contribution in [0.2, 0.25) is 0 Å². The number of benzene rings is 2. The van der Waals surface area contributed by atoms with Crippen molar-refractivity contribution in [3.8, 4) is 6.07 Å². The molecule has 2 fully saturated rings. The van der Waals surface area contributed by atoms with Gasteiger partial charge in [-0.2, -0.15) is 5.26 Å². The summed E-state index contributed by atoms with van der Waals surface area (Å²) in [5, 5.41) is 41.1. The van der Waals surface area contributed by atoms with Crippen LogP contribution in [0.5, 0.6) is 0 Å². The molecule has 188 valence electrons. The molecule has 2 saturated heterocycles. The van der Waals surface area contributed by atoms with Gasteiger partial charge in [0.25, 0.3) is 10.0 Å². The Balaban J connectivity index is 1.59. The highest BCUT2D eigenvalue weighted by atomic mass is 32.2. The number of nitrogens with one attached hydrogen (secondary N) is 1. The summed E-state index contributed by atoms with van der Waals surface area (Å²) in [6, 6.07) is 12.1. The Kier molecular flexibility index (Phi) is 7.73. The van der Waals surface area contributed by atoms with Crippen molar-refractivity contribution in [1.29, 1.82) is 5.26 Å². The lowest BCUT2D eigenvalue weighted by Gasteiger charge is -2.36. The van der Waals surface area contributed by atoms with Crippen molar-refractivity contribution in [2.24, 2.45) is 0 Å². The molecule has 0 bridgehead atoms. The standard InChI is InChI=1S/C24H29N3O7S/c1-15(22(12-25)35(31,32)26-20-14-34-21(13-28)24(30)23(20)29)16-2-3-18-11-19(5-4-17(18)10-16)27-6-8-33-9-7-27/h2-5,10-11,20-21,23-24,26,28-30H,6-9,13-14H2,1H3/b22-15+/t20-,21+,23+,24+/m0/s1. The van der Waals surface area contributed by atoms with E-state index in [4.69, 9.17) is 9.47 Å². The molecule has 4 rings (SSSR count). The smallest absolute Gasteiger partial charge is 0.251 e. The first-order valence-electron chi connectivity index (χ1n) is 11.3. The van der Waals surface area contributed by atoms with E-state index in [0.717, 1.165) is 29.5 Å². The van der Waals surface area contributed by atoms with E-state index in [1.807, 2.05) is 24.3 Å². The van der Waals surface area contributed by atoms with E-state index >= 15 is 0 Å². The Bertz CT molecular complexity index is 1250. The molecule has 35 heavy (non-hydrogen) atoms. The minimum Gasteiger partial charge on any atom is -0.394 e. The summed E-state index contributed by atoms with van der Waals surface area (Å²) in [6.45, 7) is 3.78. The van der Waals surface area contributed by atoms with Crippen LogP contribution < -0.4 is 9.62 Å². The second-order valence-electron chi connectivity index (χ2n) is 8.67. The number of sulfonamides is 1. The first-order valence-corrected chi connectivity index (χ1v) is 12.8. The van der Waals surface area contributed by atoms with Gasteiger partial charge >= 0.3 is 0 Å². The average molecular weight is 504 g/mol. The fraction of sp³-hybridized carbons (Fsp3) is 0.458. The molecule has 0 unspecified atom stereocenters. The Labute approximate surface area is 204 Å². The number of hydrogen-bond acceptors (Lipinski definition) is 9. The highest BCUT2D eigenvalue weighted by Crippen LogP contribution is 2.29. The van der Waals surface area contributed by atoms with Gasteiger partial charge in [0.2, 0.25) is 0 Å². The summed E-state index contributed by atoms with van der Waals surface area (Å²) < 4.78 is 39.0. The zero-order chi connectivity index (χ0) is 25.2. The molecule has 2 aromatic carbocycles. The highest BCUT2D eigenvalue weighted by molar-refractivity contribution is 7.93. The van der Waals surface area contributed by atoms with Crippen LogP contribution in [0.15, 0.2) is 41.3 Å². The van der Waals surface area contributed by atoms with Crippen LogP contribution in [0, 0.1) is 11.3 Å². The van der Waals surface area contributed by atoms with Crippen LogP contribution in [-0.4, -0.2) is 87.6 Å². The number of ether oxygens (including phenoxy) is 2. The van der Waals surface area contributed by atoms with Crippen molar-refractivity contribution < 1.29 is 33.2 Å². The monoisotopic (exact) mass is 503 g/mol. The molecule has 2 aliphatic heterocycles. The third-order valence-corrected chi connectivity index (χ3v) is 8.01. The number of hydrogen-bond donors (Lipinski definition) is 4. The lowest BCUT2D eigenvalue weighted by molar-refractivity contribution is -0.158. The van der Waals surface area contributed by atoms with E-state index in [2.05, 4.69) is 15.7 Å². The zero-order valence-corrected chi connectivity index (χ0v) is 20.1. The molecule has 2 aromatic rings. The Morgan fingerprint density at radius 3 is 2.51 bits per heavy atom. The Morgan fingerprint density at radius 1 is 1.14 bits per heavy atom. The highest BCUT2D eigenvalue weighted by Gasteiger charge is 2.40. The molecule has 0 aliphatic carbocycles. The maximum atomic E-state index is 13.0. The molecule has 0 saturated carbocycles. The van der Waals surface area contributed by atoms with Crippen molar-refractivity contribution in [3.63, 3.8) is 0 Å². The van der Waals surface area contributed by atoms with Gasteiger partial charge in [-0.05, 0) is 47.0 Å². The second-order valence-corrected chi connectivity index (χ2v) is 10.3. The van der Waals surface area contributed by atoms with Crippen molar-refractivity contribution >= 4 is 32.1 Å². The summed E-state index contributed by atoms with van der Waals surface area (Å²) in [4.78, 5) is 1.75. The minimum atomic E-state index is -4.34. The molecule has 0 spiro atoms. The van der Waals surface area contributed by atoms with Crippen molar-refractivity contribution in [3.05, 3.63) is 46.9 Å². The van der Waals surface area contributed by atoms with E-state index < -0.39 is 45.9 Å². The van der Waals surface area contributed by atoms with Crippen LogP contribution in [0.3, 0.4) is 0 Å². The molecule has 2 heterocycles. The van der Waals surface area contributed by atoms with Gasteiger partial charge in [0.15, 0.2) is 4.91 Å². The van der Waals surface area contributed by atoms with Gasteiger partial charge in [-0.1, -0.05) is 18.2 Å². The Hall–Kier alpha value is -2.56. The van der Waals surface area contributed by atoms with E-state index in [9.17, 15) is 29.0 Å². The molecule has 11 heteroatoms. The lowest BCUT2D eigenvalue weighted by atomic mass is 9.99. The quantitative estimate of drug-likeness (QED) is 0.409.